The van der Waals surface area contributed by atoms with E-state index in [-0.39, 0.29) is 6.61 Å². The van der Waals surface area contributed by atoms with Crippen LogP contribution in [0.3, 0.4) is 0 Å². The lowest BCUT2D eigenvalue weighted by Crippen LogP contribution is -2.19. The molecule has 1 N–H and O–H groups in total. The van der Waals surface area contributed by atoms with Crippen LogP contribution in [-0.2, 0) is 16.0 Å². The van der Waals surface area contributed by atoms with Gasteiger partial charge in [-0.05, 0) is 11.4 Å². The highest BCUT2D eigenvalue weighted by molar-refractivity contribution is 7.09. The molecule has 0 amide bonds. The summed E-state index contributed by atoms with van der Waals surface area (Å²) in [4.78, 5) is 11.0. The number of carboxylic acid groups (broad SMARTS) is 1. The van der Waals surface area contributed by atoms with Crippen molar-refractivity contribution in [3.63, 3.8) is 0 Å². The van der Waals surface area contributed by atoms with Gasteiger partial charge in [-0.1, -0.05) is 6.07 Å². The van der Waals surface area contributed by atoms with Crippen LogP contribution in [0.15, 0.2) is 17.5 Å². The molecule has 0 aromatic carbocycles. The van der Waals surface area contributed by atoms with Gasteiger partial charge in [0.05, 0.1) is 6.61 Å². The van der Waals surface area contributed by atoms with E-state index in [1.165, 1.54) is 11.3 Å². The van der Waals surface area contributed by atoms with E-state index in [9.17, 15) is 9.18 Å². The lowest BCUT2D eigenvalue weighted by atomic mass is 10.4. The fourth-order valence-corrected chi connectivity index (χ4v) is 1.48. The van der Waals surface area contributed by atoms with Gasteiger partial charge in [-0.3, -0.25) is 0 Å². The van der Waals surface area contributed by atoms with Crippen LogP contribution in [0, 0.1) is 0 Å². The monoisotopic (exact) mass is 204 g/mol. The molecule has 0 saturated carbocycles. The first-order chi connectivity index (χ1) is 6.20. The number of rotatable bonds is 5. The highest BCUT2D eigenvalue weighted by Crippen LogP contribution is 2.09. The minimum absolute atomic E-state index is 0.0913. The average Bonchev–Trinajstić information content (AvgIpc) is 2.56. The lowest BCUT2D eigenvalue weighted by Gasteiger charge is -2.03. The Bertz CT molecular complexity index is 260. The molecule has 0 aliphatic rings. The molecule has 13 heavy (non-hydrogen) atoms. The van der Waals surface area contributed by atoms with Crippen molar-refractivity contribution in [2.45, 2.75) is 12.8 Å². The molecule has 0 saturated heterocycles. The summed E-state index contributed by atoms with van der Waals surface area (Å²) in [7, 11) is 0. The third-order valence-corrected chi connectivity index (χ3v) is 2.32. The first kappa shape index (κ1) is 10.1. The second-order valence-electron chi connectivity index (χ2n) is 2.35. The molecular weight excluding hydrogens is 195 g/mol. The smallest absolute Gasteiger partial charge is 0.366 e. The molecule has 0 aliphatic carbocycles. The zero-order valence-corrected chi connectivity index (χ0v) is 7.59. The molecule has 0 spiro atoms. The molecule has 5 heteroatoms. The summed E-state index contributed by atoms with van der Waals surface area (Å²) in [5, 5.41) is 10.0. The Kier molecular flexibility index (Phi) is 3.85. The third-order valence-electron chi connectivity index (χ3n) is 1.39. The molecule has 1 atom stereocenters. The molecule has 1 unspecified atom stereocenters. The van der Waals surface area contributed by atoms with Crippen LogP contribution >= 0.6 is 11.3 Å². The van der Waals surface area contributed by atoms with Gasteiger partial charge in [-0.15, -0.1) is 11.3 Å². The van der Waals surface area contributed by atoms with E-state index in [0.29, 0.717) is 6.42 Å². The van der Waals surface area contributed by atoms with Crippen LogP contribution in [0.4, 0.5) is 4.39 Å². The molecular formula is C8H9FO3S. The van der Waals surface area contributed by atoms with E-state index in [1.54, 1.807) is 0 Å². The summed E-state index contributed by atoms with van der Waals surface area (Å²) in [6.07, 6.45) is -1.66. The second kappa shape index (κ2) is 4.94. The van der Waals surface area contributed by atoms with Gasteiger partial charge in [0, 0.05) is 11.3 Å². The zero-order valence-electron chi connectivity index (χ0n) is 6.77. The molecule has 72 valence electrons. The Labute approximate surface area is 78.8 Å². The minimum Gasteiger partial charge on any atom is -0.477 e. The van der Waals surface area contributed by atoms with E-state index in [1.807, 2.05) is 17.5 Å². The maximum atomic E-state index is 12.3. The Morgan fingerprint density at radius 1 is 1.77 bits per heavy atom. The number of carboxylic acids is 1. The summed E-state index contributed by atoms with van der Waals surface area (Å²) in [6.45, 7) is 0.0913. The normalized spacial score (nSPS) is 12.7. The number of thiophene rings is 1. The number of ether oxygens (including phenoxy) is 1. The van der Waals surface area contributed by atoms with Gasteiger partial charge in [0.1, 0.15) is 0 Å². The van der Waals surface area contributed by atoms with E-state index < -0.39 is 12.3 Å². The van der Waals surface area contributed by atoms with Crippen molar-refractivity contribution in [3.8, 4) is 0 Å². The van der Waals surface area contributed by atoms with Crippen molar-refractivity contribution in [2.24, 2.45) is 0 Å². The third kappa shape index (κ3) is 3.52. The number of carbonyl (C=O) groups is 1. The number of alkyl halides is 1. The van der Waals surface area contributed by atoms with E-state index >= 15 is 0 Å². The van der Waals surface area contributed by atoms with Gasteiger partial charge in [-0.2, -0.15) is 0 Å². The fraction of sp³-hybridized carbons (Fsp3) is 0.375. The zero-order chi connectivity index (χ0) is 9.68. The number of hydrogen-bond donors (Lipinski definition) is 1. The predicted molar refractivity (Wildman–Crippen MR) is 46.5 cm³/mol. The van der Waals surface area contributed by atoms with Crippen LogP contribution in [0.5, 0.6) is 0 Å². The van der Waals surface area contributed by atoms with Gasteiger partial charge >= 0.3 is 5.97 Å². The average molecular weight is 204 g/mol. The molecule has 1 rings (SSSR count). The quantitative estimate of drug-likeness (QED) is 0.793. The van der Waals surface area contributed by atoms with Crippen LogP contribution in [-0.4, -0.2) is 24.0 Å². The van der Waals surface area contributed by atoms with Crippen LogP contribution in [0.2, 0.25) is 0 Å². The lowest BCUT2D eigenvalue weighted by molar-refractivity contribution is -0.162. The van der Waals surface area contributed by atoms with Crippen molar-refractivity contribution in [1.82, 2.24) is 0 Å². The van der Waals surface area contributed by atoms with Crippen molar-refractivity contribution in [2.75, 3.05) is 6.61 Å². The Morgan fingerprint density at radius 2 is 2.54 bits per heavy atom. The molecule has 1 heterocycles. The molecule has 0 aliphatic heterocycles. The fourth-order valence-electron chi connectivity index (χ4n) is 0.789. The molecule has 0 bridgehead atoms. The van der Waals surface area contributed by atoms with Gasteiger partial charge in [0.2, 0.25) is 0 Å². The van der Waals surface area contributed by atoms with Crippen molar-refractivity contribution in [1.29, 1.82) is 0 Å². The summed E-state index contributed by atoms with van der Waals surface area (Å²) in [5.41, 5.74) is 0. The SMILES string of the molecule is O=C(O)C(F)OCCc1cccs1. The Morgan fingerprint density at radius 3 is 3.08 bits per heavy atom. The van der Waals surface area contributed by atoms with Gasteiger partial charge in [-0.25, -0.2) is 9.18 Å². The van der Waals surface area contributed by atoms with Crippen LogP contribution in [0.25, 0.3) is 0 Å². The number of hydrogen-bond acceptors (Lipinski definition) is 3. The largest absolute Gasteiger partial charge is 0.477 e. The maximum Gasteiger partial charge on any atom is 0.366 e. The highest BCUT2D eigenvalue weighted by atomic mass is 32.1. The maximum absolute atomic E-state index is 12.3. The Balaban J connectivity index is 2.18. The first-order valence-electron chi connectivity index (χ1n) is 3.71. The first-order valence-corrected chi connectivity index (χ1v) is 4.59. The minimum atomic E-state index is -2.21. The second-order valence-corrected chi connectivity index (χ2v) is 3.39. The molecule has 1 aromatic heterocycles. The summed E-state index contributed by atoms with van der Waals surface area (Å²) < 4.78 is 16.8. The summed E-state index contributed by atoms with van der Waals surface area (Å²) in [5.74, 6) is -1.58. The highest BCUT2D eigenvalue weighted by Gasteiger charge is 2.15. The van der Waals surface area contributed by atoms with Crippen molar-refractivity contribution < 1.29 is 19.0 Å². The van der Waals surface area contributed by atoms with E-state index in [2.05, 4.69) is 4.74 Å². The van der Waals surface area contributed by atoms with Crippen LogP contribution < -0.4 is 0 Å². The van der Waals surface area contributed by atoms with Gasteiger partial charge in [0.25, 0.3) is 6.36 Å². The molecule has 1 aromatic rings. The van der Waals surface area contributed by atoms with Crippen LogP contribution in [0.1, 0.15) is 4.88 Å². The number of aliphatic carboxylic acids is 1. The van der Waals surface area contributed by atoms with Crippen molar-refractivity contribution in [3.05, 3.63) is 22.4 Å². The standard InChI is InChI=1S/C8H9FO3S/c9-7(8(10)11)12-4-3-6-2-1-5-13-6/h1-2,5,7H,3-4H2,(H,10,11). The summed E-state index contributed by atoms with van der Waals surface area (Å²) >= 11 is 1.53. The topological polar surface area (TPSA) is 46.5 Å². The van der Waals surface area contributed by atoms with E-state index in [4.69, 9.17) is 5.11 Å². The molecule has 0 fully saturated rings. The van der Waals surface area contributed by atoms with Gasteiger partial charge < -0.3 is 9.84 Å². The van der Waals surface area contributed by atoms with Gasteiger partial charge in [0.15, 0.2) is 0 Å². The summed E-state index contributed by atoms with van der Waals surface area (Å²) in [6, 6.07) is 3.77. The van der Waals surface area contributed by atoms with E-state index in [0.717, 1.165) is 4.88 Å². The number of halogens is 1. The Hall–Kier alpha value is -0.940. The predicted octanol–water partition coefficient (Wildman–Crippen LogP) is 1.69. The molecule has 3 nitrogen and oxygen atoms in total. The van der Waals surface area contributed by atoms with Crippen molar-refractivity contribution >= 4 is 17.3 Å². The molecule has 0 radical (unpaired) electrons.